The number of rotatable bonds is 8. The third-order valence-electron chi connectivity index (χ3n) is 3.76. The number of nitrogens with one attached hydrogen (secondary N) is 1. The molecule has 26 heavy (non-hydrogen) atoms. The number of carbonyl (C=O) groups excluding carboxylic acids is 1. The van der Waals surface area contributed by atoms with Crippen molar-refractivity contribution < 1.29 is 14.7 Å². The minimum atomic E-state index is -1.08. The zero-order chi connectivity index (χ0) is 18.9. The third kappa shape index (κ3) is 5.75. The highest BCUT2D eigenvalue weighted by atomic mass is 32.1. The molecule has 0 aliphatic heterocycles. The van der Waals surface area contributed by atoms with Crippen LogP contribution in [0.5, 0.6) is 0 Å². The quantitative estimate of drug-likeness (QED) is 0.424. The van der Waals surface area contributed by atoms with Crippen LogP contribution in [0.4, 0.5) is 0 Å². The first-order valence-corrected chi connectivity index (χ1v) is 8.86. The second-order valence-electron chi connectivity index (χ2n) is 5.80. The molecular weight excluding hydrogens is 348 g/mol. The molecular formula is C20H22N2O3S. The van der Waals surface area contributed by atoms with Crippen molar-refractivity contribution in [2.75, 3.05) is 12.3 Å². The zero-order valence-corrected chi connectivity index (χ0v) is 15.2. The van der Waals surface area contributed by atoms with E-state index in [1.165, 1.54) is 0 Å². The Labute approximate surface area is 158 Å². The lowest BCUT2D eigenvalue weighted by atomic mass is 9.96. The van der Waals surface area contributed by atoms with Crippen LogP contribution in [0.3, 0.4) is 0 Å². The molecule has 0 fully saturated rings. The summed E-state index contributed by atoms with van der Waals surface area (Å²) in [7, 11) is 0. The summed E-state index contributed by atoms with van der Waals surface area (Å²) in [6, 6.07) is 15.0. The van der Waals surface area contributed by atoms with Crippen molar-refractivity contribution in [2.45, 2.75) is 12.5 Å². The number of allylic oxidation sites excluding steroid dienone is 1. The predicted molar refractivity (Wildman–Crippen MR) is 107 cm³/mol. The van der Waals surface area contributed by atoms with E-state index in [1.807, 2.05) is 54.6 Å². The van der Waals surface area contributed by atoms with Crippen LogP contribution in [0.1, 0.15) is 15.9 Å². The Bertz CT molecular complexity index is 791. The molecule has 0 bridgehead atoms. The number of nitrogens with two attached hydrogens (primary N) is 1. The number of hydrogen-bond acceptors (Lipinski definition) is 4. The predicted octanol–water partition coefficient (Wildman–Crippen LogP) is 2.52. The number of carbonyl (C=O) groups is 2. The van der Waals surface area contributed by atoms with E-state index >= 15 is 0 Å². The molecule has 4 N–H and O–H groups in total. The smallest absolute Gasteiger partial charge is 0.322 e. The molecule has 6 heteroatoms. The van der Waals surface area contributed by atoms with Gasteiger partial charge < -0.3 is 16.2 Å². The van der Waals surface area contributed by atoms with Crippen LogP contribution in [0, 0.1) is 0 Å². The highest BCUT2D eigenvalue weighted by Crippen LogP contribution is 2.25. The molecule has 2 aromatic carbocycles. The summed E-state index contributed by atoms with van der Waals surface area (Å²) in [5.74, 6) is -0.935. The van der Waals surface area contributed by atoms with Crippen molar-refractivity contribution in [1.29, 1.82) is 0 Å². The van der Waals surface area contributed by atoms with E-state index in [0.717, 1.165) is 16.7 Å². The molecule has 1 amide bonds. The first kappa shape index (κ1) is 19.8. The van der Waals surface area contributed by atoms with Crippen LogP contribution < -0.4 is 11.1 Å². The SMILES string of the molecule is NC(/C=C/Cc1ccc(-c2ccccc2)c(C(=O)NCC(=O)O)c1)CS. The number of benzene rings is 2. The molecule has 0 aliphatic carbocycles. The van der Waals surface area contributed by atoms with Crippen molar-refractivity contribution in [3.05, 3.63) is 71.8 Å². The highest BCUT2D eigenvalue weighted by molar-refractivity contribution is 7.80. The van der Waals surface area contributed by atoms with Gasteiger partial charge in [-0.05, 0) is 29.2 Å². The van der Waals surface area contributed by atoms with Gasteiger partial charge in [0.05, 0.1) is 0 Å². The number of carboxylic acid groups (broad SMARTS) is 1. The first-order chi connectivity index (χ1) is 12.5. The molecule has 0 aromatic heterocycles. The van der Waals surface area contributed by atoms with E-state index < -0.39 is 18.4 Å². The van der Waals surface area contributed by atoms with Gasteiger partial charge in [0.15, 0.2) is 0 Å². The Morgan fingerprint density at radius 1 is 1.19 bits per heavy atom. The number of thiol groups is 1. The minimum Gasteiger partial charge on any atom is -0.480 e. The lowest BCUT2D eigenvalue weighted by molar-refractivity contribution is -0.135. The Kier molecular flexibility index (Phi) is 7.44. The summed E-state index contributed by atoms with van der Waals surface area (Å²) < 4.78 is 0. The molecule has 0 saturated carbocycles. The molecule has 2 rings (SSSR count). The van der Waals surface area contributed by atoms with Crippen LogP contribution in [0.2, 0.25) is 0 Å². The molecule has 0 aliphatic rings. The summed E-state index contributed by atoms with van der Waals surface area (Å²) in [5, 5.41) is 11.2. The second-order valence-corrected chi connectivity index (χ2v) is 6.17. The fourth-order valence-electron chi connectivity index (χ4n) is 2.47. The van der Waals surface area contributed by atoms with Crippen LogP contribution in [-0.4, -0.2) is 35.3 Å². The van der Waals surface area contributed by atoms with Gasteiger partial charge in [0.2, 0.25) is 0 Å². The monoisotopic (exact) mass is 370 g/mol. The summed E-state index contributed by atoms with van der Waals surface area (Å²) in [4.78, 5) is 23.2. The largest absolute Gasteiger partial charge is 0.480 e. The molecule has 0 saturated heterocycles. The third-order valence-corrected chi connectivity index (χ3v) is 4.18. The molecule has 5 nitrogen and oxygen atoms in total. The van der Waals surface area contributed by atoms with Gasteiger partial charge in [0.1, 0.15) is 6.54 Å². The van der Waals surface area contributed by atoms with E-state index in [9.17, 15) is 9.59 Å². The second kappa shape index (κ2) is 9.79. The standard InChI is InChI=1S/C20H22N2O3S/c21-16(13-26)8-4-5-14-9-10-17(15-6-2-1-3-7-15)18(11-14)20(25)22-12-19(23)24/h1-4,6-11,16,26H,5,12-13,21H2,(H,22,25)(H,23,24)/b8-4+. The van der Waals surface area contributed by atoms with Crippen LogP contribution in [0.25, 0.3) is 11.1 Å². The molecule has 1 atom stereocenters. The normalized spacial score (nSPS) is 12.1. The molecule has 0 spiro atoms. The maximum atomic E-state index is 12.5. The van der Waals surface area contributed by atoms with Crippen molar-refractivity contribution in [1.82, 2.24) is 5.32 Å². The Balaban J connectivity index is 2.32. The van der Waals surface area contributed by atoms with E-state index in [0.29, 0.717) is 17.7 Å². The van der Waals surface area contributed by atoms with Crippen LogP contribution >= 0.6 is 12.6 Å². The average Bonchev–Trinajstić information content (AvgIpc) is 2.66. The van der Waals surface area contributed by atoms with Gasteiger partial charge in [-0.15, -0.1) is 0 Å². The maximum Gasteiger partial charge on any atom is 0.322 e. The van der Waals surface area contributed by atoms with Gasteiger partial charge in [0, 0.05) is 17.4 Å². The topological polar surface area (TPSA) is 92.4 Å². The first-order valence-electron chi connectivity index (χ1n) is 8.22. The van der Waals surface area contributed by atoms with Crippen molar-refractivity contribution in [3.8, 4) is 11.1 Å². The summed E-state index contributed by atoms with van der Waals surface area (Å²) in [5.41, 5.74) is 8.84. The van der Waals surface area contributed by atoms with Gasteiger partial charge in [-0.1, -0.05) is 54.6 Å². The van der Waals surface area contributed by atoms with E-state index in [-0.39, 0.29) is 6.04 Å². The van der Waals surface area contributed by atoms with Crippen molar-refractivity contribution in [2.24, 2.45) is 5.73 Å². The van der Waals surface area contributed by atoms with Gasteiger partial charge in [0.25, 0.3) is 5.91 Å². The van der Waals surface area contributed by atoms with Crippen molar-refractivity contribution in [3.63, 3.8) is 0 Å². The summed E-state index contributed by atoms with van der Waals surface area (Å²) in [6.45, 7) is -0.423. The van der Waals surface area contributed by atoms with E-state index in [2.05, 4.69) is 17.9 Å². The number of hydrogen-bond donors (Lipinski definition) is 4. The van der Waals surface area contributed by atoms with Gasteiger partial charge in [-0.2, -0.15) is 12.6 Å². The molecule has 1 unspecified atom stereocenters. The van der Waals surface area contributed by atoms with E-state index in [1.54, 1.807) is 6.07 Å². The molecule has 2 aromatic rings. The highest BCUT2D eigenvalue weighted by Gasteiger charge is 2.14. The molecule has 0 heterocycles. The van der Waals surface area contributed by atoms with E-state index in [4.69, 9.17) is 10.8 Å². The van der Waals surface area contributed by atoms with Gasteiger partial charge in [-0.3, -0.25) is 9.59 Å². The lowest BCUT2D eigenvalue weighted by Gasteiger charge is -2.12. The number of aliphatic carboxylic acids is 1. The Morgan fingerprint density at radius 3 is 2.58 bits per heavy atom. The zero-order valence-electron chi connectivity index (χ0n) is 14.3. The van der Waals surface area contributed by atoms with Gasteiger partial charge in [-0.25, -0.2) is 0 Å². The Morgan fingerprint density at radius 2 is 1.92 bits per heavy atom. The fourth-order valence-corrected chi connectivity index (χ4v) is 2.59. The fraction of sp³-hybridized carbons (Fsp3) is 0.200. The number of carboxylic acids is 1. The lowest BCUT2D eigenvalue weighted by Crippen LogP contribution is -2.29. The minimum absolute atomic E-state index is 0.111. The summed E-state index contributed by atoms with van der Waals surface area (Å²) >= 11 is 4.14. The van der Waals surface area contributed by atoms with Crippen LogP contribution in [-0.2, 0) is 11.2 Å². The molecule has 0 radical (unpaired) electrons. The number of amides is 1. The maximum absolute atomic E-state index is 12.5. The molecule has 136 valence electrons. The van der Waals surface area contributed by atoms with Crippen LogP contribution in [0.15, 0.2) is 60.7 Å². The average molecular weight is 370 g/mol. The summed E-state index contributed by atoms with van der Waals surface area (Å²) in [6.07, 6.45) is 4.44. The van der Waals surface area contributed by atoms with Crippen molar-refractivity contribution >= 4 is 24.5 Å². The Hall–Kier alpha value is -2.57. The van der Waals surface area contributed by atoms with Gasteiger partial charge >= 0.3 is 5.97 Å².